The molecule has 0 aliphatic heterocycles. The van der Waals surface area contributed by atoms with Crippen LogP contribution in [0.4, 0.5) is 11.8 Å². The molecule has 3 heterocycles. The van der Waals surface area contributed by atoms with Crippen LogP contribution in [0.2, 0.25) is 0 Å². The Balaban J connectivity index is 1.99. The average Bonchev–Trinajstić information content (AvgIpc) is 2.95. The third-order valence-electron chi connectivity index (χ3n) is 3.80. The van der Waals surface area contributed by atoms with E-state index in [1.54, 1.807) is 0 Å². The highest BCUT2D eigenvalue weighted by Gasteiger charge is 2.10. The molecule has 6 nitrogen and oxygen atoms in total. The van der Waals surface area contributed by atoms with Crippen LogP contribution < -0.4 is 11.5 Å². The number of anilines is 2. The Labute approximate surface area is 126 Å². The van der Waals surface area contributed by atoms with Crippen molar-refractivity contribution < 1.29 is 0 Å². The molecule has 0 spiro atoms. The van der Waals surface area contributed by atoms with Crippen LogP contribution >= 0.6 is 0 Å². The molecule has 4 aromatic rings. The smallest absolute Gasteiger partial charge is 0.222 e. The van der Waals surface area contributed by atoms with Gasteiger partial charge in [-0.15, -0.1) is 0 Å². The van der Waals surface area contributed by atoms with Gasteiger partial charge in [0, 0.05) is 28.7 Å². The van der Waals surface area contributed by atoms with E-state index < -0.39 is 0 Å². The zero-order chi connectivity index (χ0) is 15.3. The molecule has 0 amide bonds. The highest BCUT2D eigenvalue weighted by molar-refractivity contribution is 5.94. The molecule has 0 unspecified atom stereocenters. The van der Waals surface area contributed by atoms with Gasteiger partial charge in [0.05, 0.1) is 5.52 Å². The predicted molar refractivity (Wildman–Crippen MR) is 88.2 cm³/mol. The number of hydrogen-bond donors (Lipinski definition) is 3. The standard InChI is InChI=1S/C16H14N6/c1-8-4-12-13(21-16(18)22-14(12)17)6-11(8)10-5-9-2-3-19-15(9)20-7-10/h2-7H,1H3,(H,19,20)(H4,17,18,21,22). The Morgan fingerprint density at radius 3 is 2.82 bits per heavy atom. The minimum absolute atomic E-state index is 0.180. The number of aromatic amines is 1. The lowest BCUT2D eigenvalue weighted by Gasteiger charge is -2.09. The monoisotopic (exact) mass is 290 g/mol. The number of nitrogens with zero attached hydrogens (tertiary/aromatic N) is 3. The summed E-state index contributed by atoms with van der Waals surface area (Å²) in [6, 6.07) is 8.07. The number of hydrogen-bond acceptors (Lipinski definition) is 5. The van der Waals surface area contributed by atoms with Gasteiger partial charge < -0.3 is 16.5 Å². The maximum absolute atomic E-state index is 5.93. The van der Waals surface area contributed by atoms with E-state index in [4.69, 9.17) is 11.5 Å². The zero-order valence-electron chi connectivity index (χ0n) is 12.0. The molecule has 108 valence electrons. The molecule has 0 aliphatic carbocycles. The Morgan fingerprint density at radius 2 is 1.95 bits per heavy atom. The fourth-order valence-corrected chi connectivity index (χ4v) is 2.72. The first-order valence-electron chi connectivity index (χ1n) is 6.88. The van der Waals surface area contributed by atoms with Crippen LogP contribution in [0.5, 0.6) is 0 Å². The fraction of sp³-hybridized carbons (Fsp3) is 0.0625. The van der Waals surface area contributed by atoms with Gasteiger partial charge in [-0.3, -0.25) is 0 Å². The first-order valence-corrected chi connectivity index (χ1v) is 6.88. The largest absolute Gasteiger partial charge is 0.383 e. The van der Waals surface area contributed by atoms with E-state index in [-0.39, 0.29) is 5.95 Å². The maximum Gasteiger partial charge on any atom is 0.222 e. The van der Waals surface area contributed by atoms with Crippen LogP contribution in [0.1, 0.15) is 5.56 Å². The molecule has 0 fully saturated rings. The Bertz CT molecular complexity index is 1020. The molecule has 0 radical (unpaired) electrons. The molecule has 0 saturated carbocycles. The quantitative estimate of drug-likeness (QED) is 0.499. The van der Waals surface area contributed by atoms with Crippen molar-refractivity contribution in [2.24, 2.45) is 0 Å². The summed E-state index contributed by atoms with van der Waals surface area (Å²) in [7, 11) is 0. The molecule has 22 heavy (non-hydrogen) atoms. The summed E-state index contributed by atoms with van der Waals surface area (Å²) in [6.45, 7) is 2.03. The van der Waals surface area contributed by atoms with Crippen LogP contribution in [0.15, 0.2) is 36.7 Å². The summed E-state index contributed by atoms with van der Waals surface area (Å²) in [5.41, 5.74) is 16.4. The third kappa shape index (κ3) is 1.85. The second kappa shape index (κ2) is 4.42. The van der Waals surface area contributed by atoms with Crippen molar-refractivity contribution in [3.63, 3.8) is 0 Å². The number of fused-ring (bicyclic) bond motifs is 2. The Hall–Kier alpha value is -3.15. The van der Waals surface area contributed by atoms with E-state index in [2.05, 4.69) is 26.0 Å². The number of nitrogen functional groups attached to an aromatic ring is 2. The van der Waals surface area contributed by atoms with Gasteiger partial charge in [0.1, 0.15) is 11.5 Å². The van der Waals surface area contributed by atoms with Crippen LogP contribution in [0, 0.1) is 6.92 Å². The number of aryl methyl sites for hydroxylation is 1. The summed E-state index contributed by atoms with van der Waals surface area (Å²) in [5, 5.41) is 1.88. The minimum atomic E-state index is 0.180. The molecule has 3 aromatic heterocycles. The number of H-pyrrole nitrogens is 1. The SMILES string of the molecule is Cc1cc2c(N)nc(N)nc2cc1-c1cnc2[nH]ccc2c1. The van der Waals surface area contributed by atoms with E-state index in [0.717, 1.165) is 38.6 Å². The molecule has 0 aliphatic rings. The predicted octanol–water partition coefficient (Wildman–Crippen LogP) is 2.65. The lowest BCUT2D eigenvalue weighted by molar-refractivity contribution is 1.24. The molecule has 0 saturated heterocycles. The van der Waals surface area contributed by atoms with Crippen molar-refractivity contribution in [2.45, 2.75) is 6.92 Å². The first-order chi connectivity index (χ1) is 10.6. The zero-order valence-corrected chi connectivity index (χ0v) is 12.0. The minimum Gasteiger partial charge on any atom is -0.383 e. The molecule has 5 N–H and O–H groups in total. The molecule has 6 heteroatoms. The fourth-order valence-electron chi connectivity index (χ4n) is 2.72. The van der Waals surface area contributed by atoms with E-state index in [9.17, 15) is 0 Å². The van der Waals surface area contributed by atoms with Crippen LogP contribution in [-0.4, -0.2) is 19.9 Å². The van der Waals surface area contributed by atoms with E-state index in [1.807, 2.05) is 37.5 Å². The third-order valence-corrected chi connectivity index (χ3v) is 3.80. The van der Waals surface area contributed by atoms with Gasteiger partial charge in [0.25, 0.3) is 0 Å². The molecular weight excluding hydrogens is 276 g/mol. The summed E-state index contributed by atoms with van der Waals surface area (Å²) >= 11 is 0. The van der Waals surface area contributed by atoms with Gasteiger partial charge in [0.15, 0.2) is 0 Å². The number of nitrogens with one attached hydrogen (secondary N) is 1. The first kappa shape index (κ1) is 12.6. The highest BCUT2D eigenvalue weighted by Crippen LogP contribution is 2.30. The molecule has 0 bridgehead atoms. The maximum atomic E-state index is 5.93. The van der Waals surface area contributed by atoms with Gasteiger partial charge in [0.2, 0.25) is 5.95 Å². The van der Waals surface area contributed by atoms with Gasteiger partial charge in [-0.1, -0.05) is 0 Å². The normalized spacial score (nSPS) is 11.3. The van der Waals surface area contributed by atoms with Crippen molar-refractivity contribution in [3.05, 3.63) is 42.2 Å². The summed E-state index contributed by atoms with van der Waals surface area (Å²) in [4.78, 5) is 15.8. The van der Waals surface area contributed by atoms with Gasteiger partial charge in [-0.25, -0.2) is 9.97 Å². The topological polar surface area (TPSA) is 106 Å². The van der Waals surface area contributed by atoms with E-state index in [0.29, 0.717) is 5.82 Å². The summed E-state index contributed by atoms with van der Waals surface area (Å²) in [6.07, 6.45) is 3.73. The Kier molecular flexibility index (Phi) is 2.53. The van der Waals surface area contributed by atoms with Crippen molar-refractivity contribution in [2.75, 3.05) is 11.5 Å². The van der Waals surface area contributed by atoms with Crippen molar-refractivity contribution >= 4 is 33.7 Å². The van der Waals surface area contributed by atoms with Crippen molar-refractivity contribution in [3.8, 4) is 11.1 Å². The van der Waals surface area contributed by atoms with Gasteiger partial charge in [-0.2, -0.15) is 4.98 Å². The molecule has 0 atom stereocenters. The second-order valence-electron chi connectivity index (χ2n) is 5.29. The van der Waals surface area contributed by atoms with Crippen molar-refractivity contribution in [1.82, 2.24) is 19.9 Å². The van der Waals surface area contributed by atoms with Crippen LogP contribution in [-0.2, 0) is 0 Å². The van der Waals surface area contributed by atoms with Crippen molar-refractivity contribution in [1.29, 1.82) is 0 Å². The Morgan fingerprint density at radius 1 is 1.09 bits per heavy atom. The van der Waals surface area contributed by atoms with Crippen LogP contribution in [0.3, 0.4) is 0 Å². The molecule has 4 rings (SSSR count). The average molecular weight is 290 g/mol. The summed E-state index contributed by atoms with van der Waals surface area (Å²) < 4.78 is 0. The number of benzene rings is 1. The number of rotatable bonds is 1. The van der Waals surface area contributed by atoms with E-state index >= 15 is 0 Å². The van der Waals surface area contributed by atoms with Crippen LogP contribution in [0.25, 0.3) is 33.1 Å². The van der Waals surface area contributed by atoms with E-state index in [1.165, 1.54) is 0 Å². The number of pyridine rings is 1. The second-order valence-corrected chi connectivity index (χ2v) is 5.29. The molecule has 1 aromatic carbocycles. The lowest BCUT2D eigenvalue weighted by Crippen LogP contribution is -2.01. The number of aromatic nitrogens is 4. The lowest BCUT2D eigenvalue weighted by atomic mass is 9.99. The number of nitrogens with two attached hydrogens (primary N) is 2. The van der Waals surface area contributed by atoms with Gasteiger partial charge >= 0.3 is 0 Å². The highest BCUT2D eigenvalue weighted by atomic mass is 15.0. The molecular formula is C16H14N6. The summed E-state index contributed by atoms with van der Waals surface area (Å²) in [5.74, 6) is 0.579. The van der Waals surface area contributed by atoms with Gasteiger partial charge in [-0.05, 0) is 42.3 Å².